The van der Waals surface area contributed by atoms with Crippen LogP contribution >= 0.6 is 0 Å². The van der Waals surface area contributed by atoms with E-state index in [1.807, 2.05) is 53.4 Å². The minimum absolute atomic E-state index is 0.135. The first-order valence-electron chi connectivity index (χ1n) is 10.5. The summed E-state index contributed by atoms with van der Waals surface area (Å²) in [6, 6.07) is 15.3. The Labute approximate surface area is 182 Å². The second-order valence-corrected chi connectivity index (χ2v) is 7.79. The standard InChI is InChI=1S/C23H29N5O3/c1-30-14-12-24-21-23(27-20-10-4-3-9-19(20)26-21)11-6-13-28(16-23)22(29)25-17-7-5-8-18(15-17)31-2/h3-5,7-10,15,27H,6,11-14,16H2,1-2H3,(H,24,26)(H,25,29)/t23-/m0/s1. The number of fused-ring (bicyclic) bond motifs is 1. The van der Waals surface area contributed by atoms with Crippen LogP contribution in [0.3, 0.4) is 0 Å². The molecule has 164 valence electrons. The molecule has 0 unspecified atom stereocenters. The Morgan fingerprint density at radius 3 is 2.84 bits per heavy atom. The van der Waals surface area contributed by atoms with Crippen LogP contribution < -0.4 is 20.7 Å². The molecule has 0 radical (unpaired) electrons. The lowest BCUT2D eigenvalue weighted by molar-refractivity contribution is 0.186. The molecule has 1 atom stereocenters. The summed E-state index contributed by atoms with van der Waals surface area (Å²) >= 11 is 0. The summed E-state index contributed by atoms with van der Waals surface area (Å²) in [7, 11) is 3.28. The third-order valence-corrected chi connectivity index (χ3v) is 5.67. The van der Waals surface area contributed by atoms with Crippen LogP contribution in [0.15, 0.2) is 53.5 Å². The number of carbonyl (C=O) groups excluding carboxylic acids is 1. The summed E-state index contributed by atoms with van der Waals surface area (Å²) < 4.78 is 10.4. The summed E-state index contributed by atoms with van der Waals surface area (Å²) in [5, 5.41) is 10.2. The number of amides is 2. The minimum Gasteiger partial charge on any atom is -0.497 e. The lowest BCUT2D eigenvalue weighted by Crippen LogP contribution is -2.63. The maximum Gasteiger partial charge on any atom is 0.321 e. The number of hydrogen-bond donors (Lipinski definition) is 3. The van der Waals surface area contributed by atoms with E-state index in [1.54, 1.807) is 14.2 Å². The van der Waals surface area contributed by atoms with Gasteiger partial charge in [0.1, 0.15) is 17.1 Å². The van der Waals surface area contributed by atoms with E-state index in [1.165, 1.54) is 0 Å². The van der Waals surface area contributed by atoms with Crippen LogP contribution in [0.2, 0.25) is 0 Å². The molecule has 2 aliphatic heterocycles. The molecule has 3 N–H and O–H groups in total. The maximum absolute atomic E-state index is 13.1. The van der Waals surface area contributed by atoms with Crippen molar-refractivity contribution in [3.63, 3.8) is 0 Å². The molecule has 2 heterocycles. The zero-order valence-electron chi connectivity index (χ0n) is 18.0. The van der Waals surface area contributed by atoms with Crippen LogP contribution in [0.5, 0.6) is 5.75 Å². The second kappa shape index (κ2) is 9.26. The van der Waals surface area contributed by atoms with Crippen molar-refractivity contribution in [3.05, 3.63) is 48.5 Å². The molecule has 0 saturated carbocycles. The Morgan fingerprint density at radius 1 is 1.19 bits per heavy atom. The molecular weight excluding hydrogens is 394 g/mol. The van der Waals surface area contributed by atoms with E-state index < -0.39 is 5.54 Å². The predicted octanol–water partition coefficient (Wildman–Crippen LogP) is 3.64. The van der Waals surface area contributed by atoms with E-state index in [2.05, 4.69) is 16.0 Å². The molecule has 1 fully saturated rings. The summed E-state index contributed by atoms with van der Waals surface area (Å²) in [5.74, 6) is 1.55. The van der Waals surface area contributed by atoms with Gasteiger partial charge in [-0.2, -0.15) is 0 Å². The number of amidine groups is 1. The Balaban J connectivity index is 1.56. The number of nitrogens with zero attached hydrogens (tertiary/aromatic N) is 2. The number of likely N-dealkylation sites (tertiary alicyclic amines) is 1. The fraction of sp³-hybridized carbons (Fsp3) is 0.391. The van der Waals surface area contributed by atoms with Gasteiger partial charge in [0.05, 0.1) is 38.2 Å². The molecular formula is C23H29N5O3. The van der Waals surface area contributed by atoms with Crippen LogP contribution in [-0.2, 0) is 4.74 Å². The number of benzene rings is 2. The third-order valence-electron chi connectivity index (χ3n) is 5.67. The molecule has 2 aromatic carbocycles. The second-order valence-electron chi connectivity index (χ2n) is 7.79. The quantitative estimate of drug-likeness (QED) is 0.639. The van der Waals surface area contributed by atoms with Gasteiger partial charge in [0, 0.05) is 25.4 Å². The van der Waals surface area contributed by atoms with Crippen molar-refractivity contribution in [1.82, 2.24) is 4.90 Å². The highest BCUT2D eigenvalue weighted by Crippen LogP contribution is 2.36. The largest absolute Gasteiger partial charge is 0.497 e. The summed E-state index contributed by atoms with van der Waals surface area (Å²) in [6.45, 7) is 2.30. The van der Waals surface area contributed by atoms with Crippen LogP contribution in [0.1, 0.15) is 12.8 Å². The number of aliphatic imine (C=N–C) groups is 1. The van der Waals surface area contributed by atoms with Crippen molar-refractivity contribution >= 4 is 28.9 Å². The van der Waals surface area contributed by atoms with E-state index in [0.29, 0.717) is 37.7 Å². The zero-order chi connectivity index (χ0) is 21.7. The molecule has 4 rings (SSSR count). The lowest BCUT2D eigenvalue weighted by Gasteiger charge is -2.47. The topological polar surface area (TPSA) is 87.2 Å². The fourth-order valence-electron chi connectivity index (χ4n) is 4.13. The Morgan fingerprint density at radius 2 is 2.03 bits per heavy atom. The minimum atomic E-state index is -0.466. The van der Waals surface area contributed by atoms with Crippen molar-refractivity contribution in [1.29, 1.82) is 0 Å². The SMILES string of the molecule is COCCN=C1Nc2ccccc2N[C@]12CCCN(C(=O)Nc1cccc(OC)c1)C2. The molecule has 0 aromatic heterocycles. The monoisotopic (exact) mass is 423 g/mol. The van der Waals surface area contributed by atoms with Crippen molar-refractivity contribution in [2.24, 2.45) is 4.99 Å². The molecule has 0 bridgehead atoms. The van der Waals surface area contributed by atoms with Crippen molar-refractivity contribution in [2.75, 3.05) is 56.4 Å². The number of hydrogen-bond acceptors (Lipinski definition) is 5. The van der Waals surface area contributed by atoms with Gasteiger partial charge in [-0.1, -0.05) is 18.2 Å². The Bertz CT molecular complexity index is 964. The Kier molecular flexibility index (Phi) is 6.27. The number of ether oxygens (including phenoxy) is 2. The van der Waals surface area contributed by atoms with E-state index in [0.717, 1.165) is 30.1 Å². The van der Waals surface area contributed by atoms with Gasteiger partial charge < -0.3 is 30.3 Å². The highest BCUT2D eigenvalue weighted by molar-refractivity contribution is 6.10. The number of para-hydroxylation sites is 2. The molecule has 8 nitrogen and oxygen atoms in total. The molecule has 2 aliphatic rings. The number of piperidine rings is 1. The van der Waals surface area contributed by atoms with Crippen molar-refractivity contribution in [2.45, 2.75) is 18.4 Å². The molecule has 31 heavy (non-hydrogen) atoms. The summed E-state index contributed by atoms with van der Waals surface area (Å²) in [6.07, 6.45) is 1.74. The molecule has 8 heteroatoms. The average Bonchev–Trinajstić information content (AvgIpc) is 2.80. The first kappa shape index (κ1) is 21.0. The number of carbonyl (C=O) groups is 1. The number of anilines is 3. The zero-order valence-corrected chi connectivity index (χ0v) is 18.0. The Hall–Kier alpha value is -3.26. The van der Waals surface area contributed by atoms with Gasteiger partial charge in [-0.05, 0) is 37.1 Å². The predicted molar refractivity (Wildman–Crippen MR) is 123 cm³/mol. The number of urea groups is 1. The van der Waals surface area contributed by atoms with E-state index in [-0.39, 0.29) is 6.03 Å². The van der Waals surface area contributed by atoms with E-state index in [9.17, 15) is 4.79 Å². The number of rotatable bonds is 5. The van der Waals surface area contributed by atoms with Gasteiger partial charge in [-0.15, -0.1) is 0 Å². The van der Waals surface area contributed by atoms with E-state index >= 15 is 0 Å². The van der Waals surface area contributed by atoms with E-state index in [4.69, 9.17) is 14.5 Å². The first-order chi connectivity index (χ1) is 15.1. The van der Waals surface area contributed by atoms with Gasteiger partial charge in [-0.3, -0.25) is 4.99 Å². The first-order valence-corrected chi connectivity index (χ1v) is 10.5. The van der Waals surface area contributed by atoms with Crippen LogP contribution in [0.25, 0.3) is 0 Å². The van der Waals surface area contributed by atoms with Gasteiger partial charge >= 0.3 is 6.03 Å². The molecule has 1 spiro atoms. The summed E-state index contributed by atoms with van der Waals surface area (Å²) in [5.41, 5.74) is 2.25. The van der Waals surface area contributed by atoms with Crippen molar-refractivity contribution in [3.8, 4) is 5.75 Å². The summed E-state index contributed by atoms with van der Waals surface area (Å²) in [4.78, 5) is 19.7. The fourth-order valence-corrected chi connectivity index (χ4v) is 4.13. The maximum atomic E-state index is 13.1. The van der Waals surface area contributed by atoms with Crippen LogP contribution in [0.4, 0.5) is 21.9 Å². The smallest absolute Gasteiger partial charge is 0.321 e. The number of methoxy groups -OCH3 is 2. The van der Waals surface area contributed by atoms with Crippen molar-refractivity contribution < 1.29 is 14.3 Å². The highest BCUT2D eigenvalue weighted by Gasteiger charge is 2.44. The molecule has 2 amide bonds. The third kappa shape index (κ3) is 4.59. The normalized spacial score (nSPS) is 21.2. The lowest BCUT2D eigenvalue weighted by atomic mass is 9.85. The molecule has 1 saturated heterocycles. The highest BCUT2D eigenvalue weighted by atomic mass is 16.5. The van der Waals surface area contributed by atoms with Crippen LogP contribution in [0, 0.1) is 0 Å². The average molecular weight is 424 g/mol. The van der Waals surface area contributed by atoms with Crippen LogP contribution in [-0.4, -0.2) is 62.8 Å². The van der Waals surface area contributed by atoms with Gasteiger partial charge in [0.2, 0.25) is 0 Å². The molecule has 0 aliphatic carbocycles. The van der Waals surface area contributed by atoms with Gasteiger partial charge in [0.15, 0.2) is 0 Å². The van der Waals surface area contributed by atoms with Gasteiger partial charge in [-0.25, -0.2) is 4.79 Å². The molecule has 2 aromatic rings. The van der Waals surface area contributed by atoms with Gasteiger partial charge in [0.25, 0.3) is 0 Å². The number of nitrogens with one attached hydrogen (secondary N) is 3.